The molecule has 0 heterocycles. The Labute approximate surface area is 124 Å². The molecule has 0 aliphatic carbocycles. The fourth-order valence-electron chi connectivity index (χ4n) is 1.41. The number of esters is 1. The van der Waals surface area contributed by atoms with E-state index in [0.717, 1.165) is 26.3 Å². The molecule has 0 aliphatic heterocycles. The maximum atomic E-state index is 14.0. The molecule has 0 saturated heterocycles. The number of benzene rings is 1. The van der Waals surface area contributed by atoms with Gasteiger partial charge in [-0.05, 0) is 12.1 Å². The summed E-state index contributed by atoms with van der Waals surface area (Å²) in [6.45, 7) is -0.660. The molecule has 0 aliphatic rings. The maximum Gasteiger partial charge on any atom is 0.338 e. The van der Waals surface area contributed by atoms with E-state index in [4.69, 9.17) is 16.7 Å². The molecule has 0 amide bonds. The lowest BCUT2D eigenvalue weighted by Crippen LogP contribution is -2.33. The summed E-state index contributed by atoms with van der Waals surface area (Å²) in [5.41, 5.74) is -0.882. The van der Waals surface area contributed by atoms with Crippen LogP contribution in [-0.4, -0.2) is 50.5 Å². The number of carbonyl (C=O) groups excluding carboxylic acids is 1. The first kappa shape index (κ1) is 17.3. The first-order chi connectivity index (χ1) is 9.61. The van der Waals surface area contributed by atoms with Gasteiger partial charge in [-0.15, -0.1) is 0 Å². The van der Waals surface area contributed by atoms with E-state index in [1.807, 2.05) is 0 Å². The Morgan fingerprint density at radius 3 is 2.48 bits per heavy atom. The lowest BCUT2D eigenvalue weighted by molar-refractivity contribution is -0.140. The first-order valence-corrected chi connectivity index (χ1v) is 7.18. The van der Waals surface area contributed by atoms with Gasteiger partial charge in [0.15, 0.2) is 5.82 Å². The third-order valence-corrected chi connectivity index (χ3v) is 4.52. The molecule has 0 fully saturated rings. The number of hydrogen-bond donors (Lipinski definition) is 1. The standard InChI is InChI=1S/C11H11ClFNO6S/c1-14(5-9(15)20-2)21(18,19)8-4-6(12)3-7(10(8)13)11(16)17/h3-4H,5H2,1-2H3,(H,16,17). The van der Waals surface area contributed by atoms with Gasteiger partial charge in [-0.2, -0.15) is 4.31 Å². The van der Waals surface area contributed by atoms with Crippen LogP contribution in [0.5, 0.6) is 0 Å². The molecular formula is C11H11ClFNO6S. The highest BCUT2D eigenvalue weighted by Gasteiger charge is 2.29. The monoisotopic (exact) mass is 339 g/mol. The van der Waals surface area contributed by atoms with Crippen molar-refractivity contribution < 1.29 is 32.2 Å². The molecule has 7 nitrogen and oxygen atoms in total. The van der Waals surface area contributed by atoms with Crippen molar-refractivity contribution >= 4 is 33.6 Å². The van der Waals surface area contributed by atoms with E-state index in [-0.39, 0.29) is 5.02 Å². The molecule has 1 aromatic rings. The fraction of sp³-hybridized carbons (Fsp3) is 0.273. The molecule has 10 heteroatoms. The van der Waals surface area contributed by atoms with Crippen LogP contribution in [0.2, 0.25) is 5.02 Å². The minimum Gasteiger partial charge on any atom is -0.478 e. The quantitative estimate of drug-likeness (QED) is 0.802. The summed E-state index contributed by atoms with van der Waals surface area (Å²) in [4.78, 5) is 21.0. The van der Waals surface area contributed by atoms with Crippen LogP contribution in [0.4, 0.5) is 4.39 Å². The van der Waals surface area contributed by atoms with Crippen molar-refractivity contribution in [2.75, 3.05) is 20.7 Å². The highest BCUT2D eigenvalue weighted by atomic mass is 35.5. The molecule has 0 radical (unpaired) electrons. The number of likely N-dealkylation sites (N-methyl/N-ethyl adjacent to an activating group) is 1. The average molecular weight is 340 g/mol. The number of carboxylic acid groups (broad SMARTS) is 1. The Bertz CT molecular complexity index is 690. The van der Waals surface area contributed by atoms with Gasteiger partial charge < -0.3 is 9.84 Å². The Kier molecular flexibility index (Phi) is 5.26. The van der Waals surface area contributed by atoms with Gasteiger partial charge in [0.1, 0.15) is 11.4 Å². The van der Waals surface area contributed by atoms with Gasteiger partial charge in [-0.3, -0.25) is 4.79 Å². The summed E-state index contributed by atoms with van der Waals surface area (Å²) in [6, 6.07) is 1.56. The highest BCUT2D eigenvalue weighted by Crippen LogP contribution is 2.26. The molecule has 1 aromatic carbocycles. The SMILES string of the molecule is COC(=O)CN(C)S(=O)(=O)c1cc(Cl)cc(C(=O)O)c1F. The Morgan fingerprint density at radius 2 is 2.00 bits per heavy atom. The van der Waals surface area contributed by atoms with E-state index in [1.54, 1.807) is 0 Å². The van der Waals surface area contributed by atoms with Crippen molar-refractivity contribution in [3.63, 3.8) is 0 Å². The number of nitrogens with zero attached hydrogens (tertiary/aromatic N) is 1. The number of rotatable bonds is 5. The second-order valence-electron chi connectivity index (χ2n) is 3.91. The van der Waals surface area contributed by atoms with Crippen LogP contribution in [0, 0.1) is 5.82 Å². The van der Waals surface area contributed by atoms with Gasteiger partial charge in [0, 0.05) is 12.1 Å². The third-order valence-electron chi connectivity index (χ3n) is 2.50. The fourth-order valence-corrected chi connectivity index (χ4v) is 2.91. The van der Waals surface area contributed by atoms with Gasteiger partial charge in [0.2, 0.25) is 10.0 Å². The summed E-state index contributed by atoms with van der Waals surface area (Å²) in [7, 11) is -2.36. The van der Waals surface area contributed by atoms with Gasteiger partial charge in [0.05, 0.1) is 12.7 Å². The zero-order valence-corrected chi connectivity index (χ0v) is 12.5. The molecular weight excluding hydrogens is 329 g/mol. The van der Waals surface area contributed by atoms with Crippen LogP contribution in [0.25, 0.3) is 0 Å². The summed E-state index contributed by atoms with van der Waals surface area (Å²) in [5, 5.41) is 8.56. The van der Waals surface area contributed by atoms with E-state index in [1.165, 1.54) is 0 Å². The molecule has 0 bridgehead atoms. The number of ether oxygens (including phenoxy) is 1. The summed E-state index contributed by atoms with van der Waals surface area (Å²) in [5.74, 6) is -3.98. The lowest BCUT2D eigenvalue weighted by Gasteiger charge is -2.17. The van der Waals surface area contributed by atoms with E-state index < -0.39 is 44.8 Å². The molecule has 0 saturated carbocycles. The van der Waals surface area contributed by atoms with E-state index in [0.29, 0.717) is 4.31 Å². The predicted octanol–water partition coefficient (Wildman–Crippen LogP) is 0.971. The average Bonchev–Trinajstić information content (AvgIpc) is 2.40. The maximum absolute atomic E-state index is 14.0. The normalized spacial score (nSPS) is 11.5. The predicted molar refractivity (Wildman–Crippen MR) is 70.2 cm³/mol. The van der Waals surface area contributed by atoms with E-state index in [9.17, 15) is 22.4 Å². The number of aromatic carboxylic acids is 1. The second-order valence-corrected chi connectivity index (χ2v) is 6.36. The minimum absolute atomic E-state index is 0.265. The third kappa shape index (κ3) is 3.69. The zero-order chi connectivity index (χ0) is 16.4. The van der Waals surface area contributed by atoms with Crippen molar-refractivity contribution in [2.24, 2.45) is 0 Å². The van der Waals surface area contributed by atoms with Crippen LogP contribution >= 0.6 is 11.6 Å². The van der Waals surface area contributed by atoms with Crippen molar-refractivity contribution in [1.82, 2.24) is 4.31 Å². The van der Waals surface area contributed by atoms with Crippen LogP contribution < -0.4 is 0 Å². The van der Waals surface area contributed by atoms with Gasteiger partial charge in [-0.25, -0.2) is 17.6 Å². The topological polar surface area (TPSA) is 101 Å². The summed E-state index contributed by atoms with van der Waals surface area (Å²) < 4.78 is 43.2. The van der Waals surface area contributed by atoms with Gasteiger partial charge >= 0.3 is 11.9 Å². The van der Waals surface area contributed by atoms with E-state index in [2.05, 4.69) is 4.74 Å². The van der Waals surface area contributed by atoms with Crippen LogP contribution in [0.1, 0.15) is 10.4 Å². The molecule has 1 rings (SSSR count). The number of methoxy groups -OCH3 is 1. The molecule has 0 atom stereocenters. The Balaban J connectivity index is 3.38. The Morgan fingerprint density at radius 1 is 1.43 bits per heavy atom. The zero-order valence-electron chi connectivity index (χ0n) is 11.0. The minimum atomic E-state index is -4.44. The highest BCUT2D eigenvalue weighted by molar-refractivity contribution is 7.89. The summed E-state index contributed by atoms with van der Waals surface area (Å²) >= 11 is 5.61. The Hall–Kier alpha value is -1.71. The number of halogens is 2. The number of hydrogen-bond acceptors (Lipinski definition) is 5. The summed E-state index contributed by atoms with van der Waals surface area (Å²) in [6.07, 6.45) is 0. The lowest BCUT2D eigenvalue weighted by atomic mass is 10.2. The van der Waals surface area contributed by atoms with Crippen molar-refractivity contribution in [3.8, 4) is 0 Å². The second kappa shape index (κ2) is 6.37. The van der Waals surface area contributed by atoms with Crippen molar-refractivity contribution in [2.45, 2.75) is 4.90 Å². The van der Waals surface area contributed by atoms with Crippen LogP contribution in [0.15, 0.2) is 17.0 Å². The number of sulfonamides is 1. The van der Waals surface area contributed by atoms with E-state index >= 15 is 0 Å². The molecule has 0 spiro atoms. The van der Waals surface area contributed by atoms with Crippen LogP contribution in [0.3, 0.4) is 0 Å². The molecule has 116 valence electrons. The van der Waals surface area contributed by atoms with Crippen LogP contribution in [-0.2, 0) is 19.6 Å². The van der Waals surface area contributed by atoms with Gasteiger partial charge in [-0.1, -0.05) is 11.6 Å². The number of carboxylic acids is 1. The molecule has 1 N–H and O–H groups in total. The number of carbonyl (C=O) groups is 2. The van der Waals surface area contributed by atoms with Crippen molar-refractivity contribution in [3.05, 3.63) is 28.5 Å². The smallest absolute Gasteiger partial charge is 0.338 e. The van der Waals surface area contributed by atoms with Crippen molar-refractivity contribution in [1.29, 1.82) is 0 Å². The first-order valence-electron chi connectivity index (χ1n) is 5.36. The van der Waals surface area contributed by atoms with Gasteiger partial charge in [0.25, 0.3) is 0 Å². The molecule has 0 unspecified atom stereocenters. The molecule has 0 aromatic heterocycles. The molecule has 21 heavy (non-hydrogen) atoms. The largest absolute Gasteiger partial charge is 0.478 e.